The average molecular weight is 203 g/mol. The van der Waals surface area contributed by atoms with Gasteiger partial charge in [-0.25, -0.2) is 4.98 Å². The maximum atomic E-state index is 8.92. The van der Waals surface area contributed by atoms with E-state index in [-0.39, 0.29) is 0 Å². The summed E-state index contributed by atoms with van der Waals surface area (Å²) < 4.78 is 0. The third-order valence-electron chi connectivity index (χ3n) is 2.17. The molecule has 1 aromatic heterocycles. The molecule has 0 aliphatic heterocycles. The van der Waals surface area contributed by atoms with E-state index in [1.807, 2.05) is 12.1 Å². The number of nitrogens with one attached hydrogen (secondary N) is 1. The van der Waals surface area contributed by atoms with E-state index in [4.69, 9.17) is 5.26 Å². The van der Waals surface area contributed by atoms with Crippen molar-refractivity contribution in [3.63, 3.8) is 0 Å². The topological polar surface area (TPSA) is 48.7 Å². The largest absolute Gasteiger partial charge is 0.369 e. The van der Waals surface area contributed by atoms with Gasteiger partial charge in [0.25, 0.3) is 0 Å². The minimum absolute atomic E-state index is 0.389. The van der Waals surface area contributed by atoms with Crippen molar-refractivity contribution in [1.82, 2.24) is 4.98 Å². The second kappa shape index (κ2) is 5.35. The fraction of sp³-hybridized carbons (Fsp3) is 0.500. The monoisotopic (exact) mass is 203 g/mol. The molecule has 1 N–H and O–H groups in total. The molecule has 1 aromatic rings. The number of rotatable bonds is 4. The quantitative estimate of drug-likeness (QED) is 0.818. The molecule has 0 aromatic carbocycles. The summed E-state index contributed by atoms with van der Waals surface area (Å²) in [6.45, 7) is 7.13. The number of hydrogen-bond acceptors (Lipinski definition) is 3. The molecule has 0 saturated carbocycles. The second-order valence-corrected chi connectivity index (χ2v) is 3.83. The zero-order valence-electron chi connectivity index (χ0n) is 9.54. The van der Waals surface area contributed by atoms with Gasteiger partial charge in [0.2, 0.25) is 0 Å². The molecular formula is C12H17N3. The van der Waals surface area contributed by atoms with Gasteiger partial charge in [0.05, 0.1) is 5.56 Å². The summed E-state index contributed by atoms with van der Waals surface area (Å²) in [6, 6.07) is 5.90. The Morgan fingerprint density at radius 2 is 2.20 bits per heavy atom. The Morgan fingerprint density at radius 1 is 1.47 bits per heavy atom. The highest BCUT2D eigenvalue weighted by Crippen LogP contribution is 2.17. The average Bonchev–Trinajstić information content (AvgIpc) is 2.25. The zero-order chi connectivity index (χ0) is 11.3. The van der Waals surface area contributed by atoms with Gasteiger partial charge >= 0.3 is 0 Å². The van der Waals surface area contributed by atoms with Crippen LogP contribution in [-0.4, -0.2) is 11.5 Å². The van der Waals surface area contributed by atoms with Crippen LogP contribution in [0.4, 0.5) is 5.82 Å². The highest BCUT2D eigenvalue weighted by molar-refractivity contribution is 5.52. The van der Waals surface area contributed by atoms with Crippen LogP contribution in [-0.2, 0) is 0 Å². The predicted molar refractivity (Wildman–Crippen MR) is 61.8 cm³/mol. The Bertz CT molecular complexity index is 364. The molecule has 0 spiro atoms. The van der Waals surface area contributed by atoms with Crippen LogP contribution in [0.2, 0.25) is 0 Å². The van der Waals surface area contributed by atoms with Gasteiger partial charge in [0.15, 0.2) is 0 Å². The Hall–Kier alpha value is -1.56. The van der Waals surface area contributed by atoms with Gasteiger partial charge in [-0.05, 0) is 24.5 Å². The maximum Gasteiger partial charge on any atom is 0.144 e. The smallest absolute Gasteiger partial charge is 0.144 e. The number of aromatic nitrogens is 1. The zero-order valence-corrected chi connectivity index (χ0v) is 9.54. The highest BCUT2D eigenvalue weighted by Gasteiger charge is 2.06. The summed E-state index contributed by atoms with van der Waals surface area (Å²) in [6.07, 6.45) is 1.03. The van der Waals surface area contributed by atoms with Crippen LogP contribution >= 0.6 is 0 Å². The molecule has 3 heteroatoms. The van der Waals surface area contributed by atoms with Crippen LogP contribution in [0.15, 0.2) is 12.1 Å². The Labute approximate surface area is 91.1 Å². The van der Waals surface area contributed by atoms with Crippen LogP contribution in [0, 0.1) is 11.3 Å². The van der Waals surface area contributed by atoms with E-state index >= 15 is 0 Å². The summed E-state index contributed by atoms with van der Waals surface area (Å²) in [4.78, 5) is 4.45. The van der Waals surface area contributed by atoms with E-state index < -0.39 is 0 Å². The molecule has 0 saturated heterocycles. The van der Waals surface area contributed by atoms with Gasteiger partial charge < -0.3 is 5.32 Å². The van der Waals surface area contributed by atoms with Crippen molar-refractivity contribution in [2.75, 3.05) is 11.9 Å². The molecule has 0 fully saturated rings. The third-order valence-corrected chi connectivity index (χ3v) is 2.17. The first-order valence-electron chi connectivity index (χ1n) is 5.34. The number of pyridine rings is 1. The van der Waals surface area contributed by atoms with E-state index in [0.717, 1.165) is 18.7 Å². The summed E-state index contributed by atoms with van der Waals surface area (Å²) in [5.74, 6) is 1.10. The maximum absolute atomic E-state index is 8.92. The molecule has 0 aliphatic carbocycles. The van der Waals surface area contributed by atoms with Crippen molar-refractivity contribution in [3.05, 3.63) is 23.4 Å². The van der Waals surface area contributed by atoms with Crippen molar-refractivity contribution in [2.45, 2.75) is 33.1 Å². The summed E-state index contributed by atoms with van der Waals surface area (Å²) in [5, 5.41) is 12.1. The molecule has 0 bridgehead atoms. The van der Waals surface area contributed by atoms with E-state index in [1.54, 1.807) is 0 Å². The molecule has 1 rings (SSSR count). The standard InChI is InChI=1S/C12H17N3/c1-4-7-14-12-10(8-13)5-6-11(15-12)9(2)3/h5-6,9H,4,7H2,1-3H3,(H,14,15). The van der Waals surface area contributed by atoms with Gasteiger partial charge in [0.1, 0.15) is 11.9 Å². The summed E-state index contributed by atoms with van der Waals surface area (Å²) in [7, 11) is 0. The Morgan fingerprint density at radius 3 is 2.73 bits per heavy atom. The molecule has 0 atom stereocenters. The predicted octanol–water partition coefficient (Wildman–Crippen LogP) is 2.90. The molecule has 0 aliphatic rings. The first-order valence-corrected chi connectivity index (χ1v) is 5.34. The van der Waals surface area contributed by atoms with Crippen LogP contribution in [0.5, 0.6) is 0 Å². The SMILES string of the molecule is CCCNc1nc(C(C)C)ccc1C#N. The van der Waals surface area contributed by atoms with Gasteiger partial charge in [-0.15, -0.1) is 0 Å². The number of nitriles is 1. The Balaban J connectivity index is 2.98. The fourth-order valence-corrected chi connectivity index (χ4v) is 1.26. The first-order chi connectivity index (χ1) is 7.19. The first kappa shape index (κ1) is 11.5. The van der Waals surface area contributed by atoms with Crippen LogP contribution in [0.3, 0.4) is 0 Å². The van der Waals surface area contributed by atoms with Crippen molar-refractivity contribution in [2.24, 2.45) is 0 Å². The lowest BCUT2D eigenvalue weighted by molar-refractivity contribution is 0.820. The number of hydrogen-bond donors (Lipinski definition) is 1. The van der Waals surface area contributed by atoms with Crippen LogP contribution in [0.1, 0.15) is 44.4 Å². The molecule has 15 heavy (non-hydrogen) atoms. The van der Waals surface area contributed by atoms with Crippen molar-refractivity contribution in [1.29, 1.82) is 5.26 Å². The molecule has 1 heterocycles. The minimum Gasteiger partial charge on any atom is -0.369 e. The van der Waals surface area contributed by atoms with Crippen molar-refractivity contribution < 1.29 is 0 Å². The lowest BCUT2D eigenvalue weighted by Crippen LogP contribution is -2.06. The molecule has 0 amide bonds. The summed E-state index contributed by atoms with van der Waals surface area (Å²) in [5.41, 5.74) is 1.64. The lowest BCUT2D eigenvalue weighted by Gasteiger charge is -2.10. The number of nitrogens with zero attached hydrogens (tertiary/aromatic N) is 2. The van der Waals surface area contributed by atoms with Crippen LogP contribution in [0.25, 0.3) is 0 Å². The van der Waals surface area contributed by atoms with Gasteiger partial charge in [-0.3, -0.25) is 0 Å². The Kier molecular flexibility index (Phi) is 4.11. The van der Waals surface area contributed by atoms with E-state index in [0.29, 0.717) is 17.3 Å². The molecule has 80 valence electrons. The minimum atomic E-state index is 0.389. The van der Waals surface area contributed by atoms with E-state index in [2.05, 4.69) is 37.1 Å². The second-order valence-electron chi connectivity index (χ2n) is 3.83. The van der Waals surface area contributed by atoms with E-state index in [1.165, 1.54) is 0 Å². The molecule has 3 nitrogen and oxygen atoms in total. The highest BCUT2D eigenvalue weighted by atomic mass is 15.0. The van der Waals surface area contributed by atoms with Crippen molar-refractivity contribution >= 4 is 5.82 Å². The third kappa shape index (κ3) is 2.95. The molecular weight excluding hydrogens is 186 g/mol. The van der Waals surface area contributed by atoms with Crippen molar-refractivity contribution in [3.8, 4) is 6.07 Å². The summed E-state index contributed by atoms with van der Waals surface area (Å²) >= 11 is 0. The van der Waals surface area contributed by atoms with Gasteiger partial charge in [-0.2, -0.15) is 5.26 Å². The lowest BCUT2D eigenvalue weighted by atomic mass is 10.1. The van der Waals surface area contributed by atoms with E-state index in [9.17, 15) is 0 Å². The molecule has 0 radical (unpaired) electrons. The fourth-order valence-electron chi connectivity index (χ4n) is 1.26. The van der Waals surface area contributed by atoms with Gasteiger partial charge in [0, 0.05) is 12.2 Å². The van der Waals surface area contributed by atoms with Crippen LogP contribution < -0.4 is 5.32 Å². The van der Waals surface area contributed by atoms with Gasteiger partial charge in [-0.1, -0.05) is 20.8 Å². The molecule has 0 unspecified atom stereocenters. The normalized spacial score (nSPS) is 10.1. The number of anilines is 1.